The molecular weight excluding hydrogens is 941 g/mol. The number of fused-ring (bicyclic) bond motifs is 1. The van der Waals surface area contributed by atoms with E-state index in [9.17, 15) is 19.8 Å². The van der Waals surface area contributed by atoms with Crippen molar-refractivity contribution < 1.29 is 53.3 Å². The normalized spacial score (nSPS) is 24.6. The van der Waals surface area contributed by atoms with Crippen LogP contribution in [0.2, 0.25) is 0 Å². The number of rotatable bonds is 11. The quantitative estimate of drug-likeness (QED) is 0.0607. The number of nitrogen functional groups attached to an aromatic ring is 2. The zero-order valence-corrected chi connectivity index (χ0v) is 43.3. The van der Waals surface area contributed by atoms with Crippen LogP contribution < -0.4 is 11.5 Å². The van der Waals surface area contributed by atoms with Gasteiger partial charge < -0.3 is 55.2 Å². The summed E-state index contributed by atoms with van der Waals surface area (Å²) in [6.07, 6.45) is -4.63. The fourth-order valence-electron chi connectivity index (χ4n) is 9.23. The standard InChI is InChI=1S/C29H33NO5S.C26H29NO5S.CH4O/c1-16-9-10-22(28-29(35-20(5)32)27(34-19(4)31)17(2)18(3)33-28)13-23(16)15-25-11-12-26(36-25)21-7-6-8-24(30)14-21;1-14-7-8-16(21(28)23-22(29)24-25(30-23)32-26(2,3)31-24)11-17(14)13-19-9-10-20(33-19)15-5-4-6-18(27)12-15;1-2/h6-14,17-18,27-29H,15,30H2,1-5H3;4-12,21-25,28-29H,13,27H2,1-3H3;2H,1H3/t17-,18-,27+,28?,29-;21?,22-,23+,24+,25+;/m11./s1. The van der Waals surface area contributed by atoms with Crippen molar-refractivity contribution in [2.24, 2.45) is 5.92 Å². The fourth-order valence-corrected chi connectivity index (χ4v) is 11.3. The van der Waals surface area contributed by atoms with Gasteiger partial charge in [-0.15, -0.1) is 22.7 Å². The molecule has 6 aromatic rings. The van der Waals surface area contributed by atoms with Gasteiger partial charge in [0.15, 0.2) is 18.2 Å². The number of anilines is 2. The lowest BCUT2D eigenvalue weighted by molar-refractivity contribution is -0.226. The number of esters is 2. The Kier molecular flexibility index (Phi) is 17.2. The molecule has 7 N–H and O–H groups in total. The van der Waals surface area contributed by atoms with Gasteiger partial charge in [-0.05, 0) is 128 Å². The fraction of sp³-hybridized carbons (Fsp3) is 0.393. The van der Waals surface area contributed by atoms with E-state index in [-0.39, 0.29) is 12.0 Å². The first kappa shape index (κ1) is 53.3. The van der Waals surface area contributed by atoms with E-state index in [1.807, 2.05) is 74.5 Å². The molecule has 5 heterocycles. The van der Waals surface area contributed by atoms with Crippen molar-refractivity contribution in [3.63, 3.8) is 0 Å². The first-order valence-corrected chi connectivity index (χ1v) is 25.4. The Morgan fingerprint density at radius 2 is 1.24 bits per heavy atom. The zero-order chi connectivity index (χ0) is 51.3. The summed E-state index contributed by atoms with van der Waals surface area (Å²) in [6.45, 7) is 14.3. The first-order valence-electron chi connectivity index (χ1n) is 23.7. The third-order valence-corrected chi connectivity index (χ3v) is 15.3. The molecule has 10 atom stereocenters. The lowest BCUT2D eigenvalue weighted by atomic mass is 9.85. The van der Waals surface area contributed by atoms with Gasteiger partial charge in [-0.1, -0.05) is 67.6 Å². The molecule has 2 unspecified atom stereocenters. The number of thiophene rings is 2. The molecule has 0 spiro atoms. The number of hydrogen-bond donors (Lipinski definition) is 5. The summed E-state index contributed by atoms with van der Waals surface area (Å²) >= 11 is 3.48. The summed E-state index contributed by atoms with van der Waals surface area (Å²) in [5.74, 6) is -1.78. The number of hydrogen-bond acceptors (Lipinski definition) is 15. The molecule has 378 valence electrons. The third kappa shape index (κ3) is 12.8. The molecule has 3 aliphatic rings. The monoisotopic (exact) mass is 1010 g/mol. The Balaban J connectivity index is 0.000000202. The van der Waals surface area contributed by atoms with Gasteiger partial charge in [0, 0.05) is 70.6 Å². The number of aryl methyl sites for hydroxylation is 2. The SMILES string of the molecule is CC(=O)O[C@H]1[C@H](C)[C@@H](C)OC(c2ccc(C)c(Cc3ccc(-c4cccc(N)c4)s3)c2)[C@@H]1OC(C)=O.CO.Cc1ccc(C(O)[C@@H]2O[C@H]3OC(C)(C)O[C@H]3[C@@H]2O)cc1Cc1ccc(-c2cccc(N)c2)s1. The average Bonchev–Trinajstić information content (AvgIpc) is 4.13. The second-order valence-electron chi connectivity index (χ2n) is 18.8. The van der Waals surface area contributed by atoms with Gasteiger partial charge in [0.25, 0.3) is 0 Å². The summed E-state index contributed by atoms with van der Waals surface area (Å²) in [6, 6.07) is 36.4. The first-order chi connectivity index (χ1) is 33.8. The zero-order valence-electron chi connectivity index (χ0n) is 41.7. The van der Waals surface area contributed by atoms with Crippen LogP contribution in [-0.4, -0.2) is 83.1 Å². The molecule has 71 heavy (non-hydrogen) atoms. The largest absolute Gasteiger partial charge is 0.458 e. The molecule has 15 heteroatoms. The Bertz CT molecular complexity index is 2790. The Hall–Kier alpha value is -5.46. The number of carbonyl (C=O) groups excluding carboxylic acids is 2. The highest BCUT2D eigenvalue weighted by Gasteiger charge is 2.56. The molecular formula is C56H66N2O11S2. The maximum absolute atomic E-state index is 12.0. The Morgan fingerprint density at radius 1 is 0.704 bits per heavy atom. The van der Waals surface area contributed by atoms with Crippen LogP contribution in [-0.2, 0) is 50.9 Å². The maximum atomic E-state index is 12.0. The van der Waals surface area contributed by atoms with E-state index in [4.69, 9.17) is 45.0 Å². The van der Waals surface area contributed by atoms with E-state index in [0.717, 1.165) is 70.3 Å². The Labute approximate surface area is 424 Å². The van der Waals surface area contributed by atoms with Gasteiger partial charge >= 0.3 is 11.9 Å². The van der Waals surface area contributed by atoms with Gasteiger partial charge in [-0.2, -0.15) is 0 Å². The molecule has 3 aliphatic heterocycles. The van der Waals surface area contributed by atoms with Crippen LogP contribution in [0.15, 0.2) is 109 Å². The third-order valence-electron chi connectivity index (χ3n) is 13.0. The molecule has 4 aromatic carbocycles. The number of aliphatic hydroxyl groups excluding tert-OH is 3. The topological polar surface area (TPSA) is 202 Å². The van der Waals surface area contributed by atoms with Crippen molar-refractivity contribution in [3.8, 4) is 20.9 Å². The van der Waals surface area contributed by atoms with Crippen molar-refractivity contribution in [2.75, 3.05) is 18.6 Å². The van der Waals surface area contributed by atoms with E-state index in [1.165, 1.54) is 33.4 Å². The van der Waals surface area contributed by atoms with Crippen molar-refractivity contribution in [2.45, 2.75) is 129 Å². The summed E-state index contributed by atoms with van der Waals surface area (Å²) in [4.78, 5) is 28.6. The summed E-state index contributed by atoms with van der Waals surface area (Å²) in [5, 5.41) is 28.7. The van der Waals surface area contributed by atoms with E-state index in [0.29, 0.717) is 5.56 Å². The van der Waals surface area contributed by atoms with Gasteiger partial charge in [-0.3, -0.25) is 9.59 Å². The smallest absolute Gasteiger partial charge is 0.303 e. The average molecular weight is 1010 g/mol. The number of benzene rings is 4. The molecule has 2 aromatic heterocycles. The minimum absolute atomic E-state index is 0.129. The van der Waals surface area contributed by atoms with Gasteiger partial charge in [0.1, 0.15) is 36.6 Å². The molecule has 3 fully saturated rings. The summed E-state index contributed by atoms with van der Waals surface area (Å²) < 4.78 is 35.0. The minimum atomic E-state index is -0.994. The van der Waals surface area contributed by atoms with Crippen molar-refractivity contribution in [1.29, 1.82) is 0 Å². The summed E-state index contributed by atoms with van der Waals surface area (Å²) in [5.41, 5.74) is 21.8. The lowest BCUT2D eigenvalue weighted by Gasteiger charge is -2.43. The van der Waals surface area contributed by atoms with Crippen LogP contribution in [0.3, 0.4) is 0 Å². The van der Waals surface area contributed by atoms with Crippen LogP contribution >= 0.6 is 22.7 Å². The number of nitrogens with two attached hydrogens (primary N) is 2. The number of aliphatic hydroxyl groups is 3. The van der Waals surface area contributed by atoms with Gasteiger partial charge in [0.2, 0.25) is 0 Å². The molecule has 0 radical (unpaired) electrons. The van der Waals surface area contributed by atoms with Gasteiger partial charge in [-0.25, -0.2) is 0 Å². The second kappa shape index (κ2) is 23.0. The van der Waals surface area contributed by atoms with Crippen molar-refractivity contribution in [1.82, 2.24) is 0 Å². The number of ether oxygens (including phenoxy) is 6. The van der Waals surface area contributed by atoms with E-state index in [2.05, 4.69) is 62.4 Å². The number of carbonyl (C=O) groups is 2. The van der Waals surface area contributed by atoms with E-state index < -0.39 is 66.7 Å². The highest BCUT2D eigenvalue weighted by molar-refractivity contribution is 7.15. The van der Waals surface area contributed by atoms with Crippen molar-refractivity contribution >= 4 is 46.0 Å². The van der Waals surface area contributed by atoms with Crippen LogP contribution in [0.5, 0.6) is 0 Å². The molecule has 0 amide bonds. The Morgan fingerprint density at radius 3 is 1.77 bits per heavy atom. The molecule has 3 saturated heterocycles. The molecule has 13 nitrogen and oxygen atoms in total. The summed E-state index contributed by atoms with van der Waals surface area (Å²) in [7, 11) is 1.00. The van der Waals surface area contributed by atoms with Crippen LogP contribution in [0.1, 0.15) is 96.9 Å². The molecule has 0 bridgehead atoms. The maximum Gasteiger partial charge on any atom is 0.303 e. The second-order valence-corrected chi connectivity index (χ2v) is 21.1. The highest BCUT2D eigenvalue weighted by Crippen LogP contribution is 2.43. The van der Waals surface area contributed by atoms with Crippen molar-refractivity contribution in [3.05, 3.63) is 152 Å². The van der Waals surface area contributed by atoms with Gasteiger partial charge in [0.05, 0.1) is 6.10 Å². The van der Waals surface area contributed by atoms with Crippen LogP contribution in [0.4, 0.5) is 11.4 Å². The lowest BCUT2D eigenvalue weighted by Crippen LogP contribution is -2.52. The molecule has 9 rings (SSSR count). The van der Waals surface area contributed by atoms with Crippen LogP contribution in [0, 0.1) is 19.8 Å². The highest BCUT2D eigenvalue weighted by atomic mass is 32.1. The molecule has 0 saturated carbocycles. The van der Waals surface area contributed by atoms with E-state index >= 15 is 0 Å². The van der Waals surface area contributed by atoms with E-state index in [1.54, 1.807) is 36.5 Å². The predicted molar refractivity (Wildman–Crippen MR) is 278 cm³/mol. The van der Waals surface area contributed by atoms with Crippen LogP contribution in [0.25, 0.3) is 20.9 Å². The minimum Gasteiger partial charge on any atom is -0.458 e. The molecule has 0 aliphatic carbocycles. The predicted octanol–water partition coefficient (Wildman–Crippen LogP) is 9.63.